The molecule has 1 aromatic carbocycles. The van der Waals surface area contributed by atoms with Crippen LogP contribution in [0, 0.1) is 0 Å². The van der Waals surface area contributed by atoms with Crippen LogP contribution in [0.1, 0.15) is 54.7 Å². The molecule has 0 bridgehead atoms. The summed E-state index contributed by atoms with van der Waals surface area (Å²) < 4.78 is 0. The molecule has 0 aliphatic heterocycles. The van der Waals surface area contributed by atoms with Gasteiger partial charge in [-0.3, -0.25) is 0 Å². The minimum absolute atomic E-state index is 0.845. The molecule has 0 spiro atoms. The van der Waals surface area contributed by atoms with Gasteiger partial charge < -0.3 is 0 Å². The first-order chi connectivity index (χ1) is 7.43. The molecule has 1 fully saturated rings. The summed E-state index contributed by atoms with van der Waals surface area (Å²) in [6.45, 7) is 0. The van der Waals surface area contributed by atoms with Crippen LogP contribution in [0.25, 0.3) is 6.08 Å². The highest BCUT2D eigenvalue weighted by Crippen LogP contribution is 2.34. The summed E-state index contributed by atoms with van der Waals surface area (Å²) in [7, 11) is 0. The molecule has 2 aliphatic rings. The predicted octanol–water partition coefficient (Wildman–Crippen LogP) is 4.30. The summed E-state index contributed by atoms with van der Waals surface area (Å²) in [5, 5.41) is 0. The van der Waals surface area contributed by atoms with Crippen molar-refractivity contribution < 1.29 is 0 Å². The summed E-state index contributed by atoms with van der Waals surface area (Å²) in [6.07, 6.45) is 12.8. The van der Waals surface area contributed by atoms with Gasteiger partial charge in [-0.1, -0.05) is 49.6 Å². The number of fused-ring (bicyclic) bond motifs is 1. The third-order valence-corrected chi connectivity index (χ3v) is 3.88. The Morgan fingerprint density at radius 2 is 1.87 bits per heavy atom. The fourth-order valence-electron chi connectivity index (χ4n) is 2.96. The van der Waals surface area contributed by atoms with Gasteiger partial charge in [-0.25, -0.2) is 0 Å². The molecule has 3 rings (SSSR count). The molecule has 1 aromatic rings. The largest absolute Gasteiger partial charge is 0.0795 e. The van der Waals surface area contributed by atoms with E-state index < -0.39 is 0 Å². The highest BCUT2D eigenvalue weighted by atomic mass is 14.2. The van der Waals surface area contributed by atoms with Crippen molar-refractivity contribution in [2.24, 2.45) is 0 Å². The lowest BCUT2D eigenvalue weighted by Gasteiger charge is -2.22. The zero-order valence-corrected chi connectivity index (χ0v) is 9.21. The average molecular weight is 198 g/mol. The lowest BCUT2D eigenvalue weighted by Crippen LogP contribution is -2.04. The van der Waals surface area contributed by atoms with Gasteiger partial charge in [0.05, 0.1) is 0 Å². The minimum atomic E-state index is 0.845. The fraction of sp³-hybridized carbons (Fsp3) is 0.467. The van der Waals surface area contributed by atoms with Gasteiger partial charge in [0.15, 0.2) is 0 Å². The maximum atomic E-state index is 2.43. The molecular weight excluding hydrogens is 180 g/mol. The molecule has 78 valence electrons. The summed E-state index contributed by atoms with van der Waals surface area (Å²) in [4.78, 5) is 0. The molecule has 15 heavy (non-hydrogen) atoms. The molecule has 0 saturated heterocycles. The second-order valence-electron chi connectivity index (χ2n) is 4.90. The Balaban J connectivity index is 1.88. The van der Waals surface area contributed by atoms with E-state index in [1.54, 1.807) is 5.56 Å². The van der Waals surface area contributed by atoms with E-state index in [1.165, 1.54) is 43.2 Å². The van der Waals surface area contributed by atoms with Crippen LogP contribution in [0.15, 0.2) is 24.3 Å². The first kappa shape index (κ1) is 9.21. The molecule has 0 atom stereocenters. The molecule has 0 aromatic heterocycles. The van der Waals surface area contributed by atoms with E-state index in [-0.39, 0.29) is 0 Å². The van der Waals surface area contributed by atoms with Crippen LogP contribution in [-0.4, -0.2) is 0 Å². The number of benzene rings is 1. The van der Waals surface area contributed by atoms with Crippen molar-refractivity contribution in [2.75, 3.05) is 0 Å². The van der Waals surface area contributed by atoms with Crippen molar-refractivity contribution in [3.63, 3.8) is 0 Å². The number of hydrogen-bond acceptors (Lipinski definition) is 0. The quantitative estimate of drug-likeness (QED) is 0.631. The lowest BCUT2D eigenvalue weighted by molar-refractivity contribution is 0.443. The van der Waals surface area contributed by atoms with Crippen molar-refractivity contribution in [3.8, 4) is 0 Å². The van der Waals surface area contributed by atoms with Crippen molar-refractivity contribution >= 4 is 6.08 Å². The van der Waals surface area contributed by atoms with E-state index in [2.05, 4.69) is 30.4 Å². The zero-order chi connectivity index (χ0) is 10.1. The van der Waals surface area contributed by atoms with Gasteiger partial charge in [0, 0.05) is 0 Å². The van der Waals surface area contributed by atoms with Gasteiger partial charge in [-0.2, -0.15) is 0 Å². The molecule has 0 N–H and O–H groups in total. The molecule has 2 aliphatic carbocycles. The van der Waals surface area contributed by atoms with E-state index >= 15 is 0 Å². The van der Waals surface area contributed by atoms with E-state index in [1.807, 2.05) is 0 Å². The average Bonchev–Trinajstić information content (AvgIpc) is 2.77. The first-order valence-corrected chi connectivity index (χ1v) is 6.23. The van der Waals surface area contributed by atoms with Gasteiger partial charge in [-0.15, -0.1) is 0 Å². The van der Waals surface area contributed by atoms with Crippen LogP contribution in [0.5, 0.6) is 0 Å². The van der Waals surface area contributed by atoms with Crippen LogP contribution in [-0.2, 0) is 6.42 Å². The fourth-order valence-corrected chi connectivity index (χ4v) is 2.96. The Hall–Kier alpha value is -1.04. The molecule has 0 unspecified atom stereocenters. The number of allylic oxidation sites excluding steroid dienone is 1. The van der Waals surface area contributed by atoms with Gasteiger partial charge in [-0.05, 0) is 41.9 Å². The molecule has 0 heterocycles. The third-order valence-electron chi connectivity index (χ3n) is 3.88. The number of rotatable bonds is 1. The van der Waals surface area contributed by atoms with Crippen molar-refractivity contribution in [2.45, 2.75) is 44.4 Å². The first-order valence-electron chi connectivity index (χ1n) is 6.23. The van der Waals surface area contributed by atoms with Gasteiger partial charge in [0.25, 0.3) is 0 Å². The van der Waals surface area contributed by atoms with Gasteiger partial charge in [0.2, 0.25) is 0 Å². The minimum Gasteiger partial charge on any atom is -0.0795 e. The second kappa shape index (κ2) is 3.84. The highest BCUT2D eigenvalue weighted by Gasteiger charge is 2.16. The Labute approximate surface area is 92.0 Å². The summed E-state index contributed by atoms with van der Waals surface area (Å²) >= 11 is 0. The molecule has 0 radical (unpaired) electrons. The van der Waals surface area contributed by atoms with E-state index in [0.29, 0.717) is 0 Å². The lowest BCUT2D eigenvalue weighted by atomic mass is 9.83. The van der Waals surface area contributed by atoms with E-state index in [9.17, 15) is 0 Å². The van der Waals surface area contributed by atoms with Crippen molar-refractivity contribution in [1.29, 1.82) is 0 Å². The summed E-state index contributed by atoms with van der Waals surface area (Å²) in [5.41, 5.74) is 4.56. The standard InChI is InChI=1S/C15H18/c1-2-5-12(6-3-1)15-10-9-13-7-4-8-14(13)11-15/h4,8-12H,1-3,5-7H2. The van der Waals surface area contributed by atoms with Crippen LogP contribution in [0.2, 0.25) is 0 Å². The smallest absolute Gasteiger partial charge is 0.00882 e. The molecule has 0 heteroatoms. The predicted molar refractivity (Wildman–Crippen MR) is 65.0 cm³/mol. The zero-order valence-electron chi connectivity index (χ0n) is 9.21. The molecular formula is C15H18. The summed E-state index contributed by atoms with van der Waals surface area (Å²) in [6, 6.07) is 7.12. The van der Waals surface area contributed by atoms with E-state index in [4.69, 9.17) is 0 Å². The van der Waals surface area contributed by atoms with Crippen molar-refractivity contribution in [1.82, 2.24) is 0 Å². The summed E-state index contributed by atoms with van der Waals surface area (Å²) in [5.74, 6) is 0.845. The van der Waals surface area contributed by atoms with Crippen LogP contribution in [0.3, 0.4) is 0 Å². The van der Waals surface area contributed by atoms with Gasteiger partial charge >= 0.3 is 0 Å². The Morgan fingerprint density at radius 1 is 1.00 bits per heavy atom. The van der Waals surface area contributed by atoms with Crippen LogP contribution in [0.4, 0.5) is 0 Å². The monoisotopic (exact) mass is 198 g/mol. The maximum absolute atomic E-state index is 2.43. The maximum Gasteiger partial charge on any atom is -0.00882 e. The third kappa shape index (κ3) is 1.73. The SMILES string of the molecule is C1=Cc2cc(C3CCCCC3)ccc2C1. The van der Waals surface area contributed by atoms with Crippen LogP contribution < -0.4 is 0 Å². The number of hydrogen-bond donors (Lipinski definition) is 0. The van der Waals surface area contributed by atoms with Crippen LogP contribution >= 0.6 is 0 Å². The Morgan fingerprint density at radius 3 is 2.73 bits per heavy atom. The molecule has 0 nitrogen and oxygen atoms in total. The van der Waals surface area contributed by atoms with E-state index in [0.717, 1.165) is 12.3 Å². The van der Waals surface area contributed by atoms with Crippen molar-refractivity contribution in [3.05, 3.63) is 41.0 Å². The Kier molecular flexibility index (Phi) is 2.36. The second-order valence-corrected chi connectivity index (χ2v) is 4.90. The van der Waals surface area contributed by atoms with Gasteiger partial charge in [0.1, 0.15) is 0 Å². The molecule has 1 saturated carbocycles. The topological polar surface area (TPSA) is 0 Å². The highest BCUT2D eigenvalue weighted by molar-refractivity contribution is 5.60. The normalized spacial score (nSPS) is 20.5. The molecule has 0 amide bonds. The Bertz CT molecular complexity index is 381.